The number of carbonyl (C=O) groups is 2. The second kappa shape index (κ2) is 3.19. The van der Waals surface area contributed by atoms with Crippen molar-refractivity contribution >= 4 is 41.1 Å². The monoisotopic (exact) mass is 227 g/mol. The van der Waals surface area contributed by atoms with Crippen LogP contribution in [0.25, 0.3) is 0 Å². The maximum absolute atomic E-state index is 11.3. The Morgan fingerprint density at radius 1 is 1.07 bits per heavy atom. The van der Waals surface area contributed by atoms with Crippen molar-refractivity contribution in [2.45, 2.75) is 0 Å². The van der Waals surface area contributed by atoms with Crippen LogP contribution in [0.5, 0.6) is 0 Å². The first-order chi connectivity index (χ1) is 6.59. The third-order valence-electron chi connectivity index (χ3n) is 1.85. The van der Waals surface area contributed by atoms with Gasteiger partial charge in [-0.05, 0) is 12.1 Å². The van der Waals surface area contributed by atoms with E-state index in [1.54, 1.807) is 0 Å². The van der Waals surface area contributed by atoms with Gasteiger partial charge in [0.1, 0.15) is 0 Å². The van der Waals surface area contributed by atoms with E-state index in [0.717, 1.165) is 0 Å². The zero-order chi connectivity index (χ0) is 10.3. The molecule has 0 N–H and O–H groups in total. The van der Waals surface area contributed by atoms with Gasteiger partial charge in [0.05, 0.1) is 10.0 Å². The largest absolute Gasteiger partial charge is 0.318 e. The number of nitrogens with zero attached hydrogens (tertiary/aromatic N) is 1. The second-order valence-electron chi connectivity index (χ2n) is 2.75. The molecule has 0 saturated carbocycles. The van der Waals surface area contributed by atoms with Crippen molar-refractivity contribution in [3.05, 3.63) is 33.3 Å². The average Bonchev–Trinajstić information content (AvgIpc) is 2.15. The number of rotatable bonds is 0. The molecule has 1 aliphatic rings. The lowest BCUT2D eigenvalue weighted by Gasteiger charge is -2.08. The number of aliphatic imine (C=N–C) groups is 1. The molecule has 14 heavy (non-hydrogen) atoms. The molecular weight excluding hydrogens is 225 g/mol. The number of fused-ring (bicyclic) bond motifs is 1. The summed E-state index contributed by atoms with van der Waals surface area (Å²) in [6, 6.07) is 2.89. The van der Waals surface area contributed by atoms with E-state index < -0.39 is 11.7 Å². The summed E-state index contributed by atoms with van der Waals surface area (Å²) in [5.74, 6) is -1.43. The van der Waals surface area contributed by atoms with Crippen LogP contribution in [0.15, 0.2) is 17.1 Å². The van der Waals surface area contributed by atoms with Gasteiger partial charge in [0.25, 0.3) is 5.78 Å². The molecule has 0 spiro atoms. The van der Waals surface area contributed by atoms with Gasteiger partial charge in [-0.3, -0.25) is 9.59 Å². The number of hydrogen-bond acceptors (Lipinski definition) is 2. The molecule has 0 saturated heterocycles. The molecule has 0 aliphatic carbocycles. The minimum absolute atomic E-state index is 0.249. The van der Waals surface area contributed by atoms with Crippen molar-refractivity contribution in [2.75, 3.05) is 0 Å². The molecule has 3 nitrogen and oxygen atoms in total. The van der Waals surface area contributed by atoms with E-state index in [-0.39, 0.29) is 10.6 Å². The molecule has 1 aromatic carbocycles. The lowest BCUT2D eigenvalue weighted by molar-refractivity contribution is -0.113. The van der Waals surface area contributed by atoms with Gasteiger partial charge in [0, 0.05) is 17.3 Å². The maximum Gasteiger partial charge on any atom is 0.318 e. The molecule has 0 aromatic heterocycles. The first kappa shape index (κ1) is 9.37. The first-order valence-corrected chi connectivity index (χ1v) is 4.47. The van der Waals surface area contributed by atoms with E-state index in [9.17, 15) is 9.59 Å². The highest BCUT2D eigenvalue weighted by molar-refractivity contribution is 6.48. The first-order valence-electron chi connectivity index (χ1n) is 3.71. The molecule has 0 unspecified atom stereocenters. The average molecular weight is 228 g/mol. The van der Waals surface area contributed by atoms with Crippen LogP contribution in [0.2, 0.25) is 10.0 Å². The number of amides is 1. The highest BCUT2D eigenvalue weighted by Crippen LogP contribution is 2.26. The summed E-state index contributed by atoms with van der Waals surface area (Å²) in [5, 5.41) is 0.584. The summed E-state index contributed by atoms with van der Waals surface area (Å²) in [7, 11) is 0. The highest BCUT2D eigenvalue weighted by Gasteiger charge is 2.23. The molecule has 1 aromatic rings. The second-order valence-corrected chi connectivity index (χ2v) is 3.56. The number of Topliss-reactive ketones (excluding diaryl/α,β-unsaturated/α-hetero) is 1. The van der Waals surface area contributed by atoms with E-state index in [1.165, 1.54) is 18.3 Å². The van der Waals surface area contributed by atoms with Gasteiger partial charge in [-0.25, -0.2) is 4.99 Å². The smallest absolute Gasteiger partial charge is 0.283 e. The van der Waals surface area contributed by atoms with Gasteiger partial charge >= 0.3 is 5.91 Å². The number of benzene rings is 1. The molecule has 0 bridgehead atoms. The van der Waals surface area contributed by atoms with Crippen LogP contribution in [-0.4, -0.2) is 17.9 Å². The molecule has 1 heterocycles. The topological polar surface area (TPSA) is 46.5 Å². The van der Waals surface area contributed by atoms with Crippen molar-refractivity contribution in [2.24, 2.45) is 4.99 Å². The maximum atomic E-state index is 11.3. The van der Waals surface area contributed by atoms with Crippen molar-refractivity contribution < 1.29 is 9.59 Å². The molecule has 2 rings (SSSR count). The number of halogens is 2. The molecule has 5 heteroatoms. The Balaban J connectivity index is 2.70. The van der Waals surface area contributed by atoms with Crippen molar-refractivity contribution in [3.63, 3.8) is 0 Å². The Morgan fingerprint density at radius 3 is 2.43 bits per heavy atom. The van der Waals surface area contributed by atoms with Crippen LogP contribution in [-0.2, 0) is 4.79 Å². The molecular formula is C9H3Cl2NO2. The summed E-state index contributed by atoms with van der Waals surface area (Å²) < 4.78 is 0. The zero-order valence-corrected chi connectivity index (χ0v) is 8.26. The van der Waals surface area contributed by atoms with Crippen molar-refractivity contribution in [3.8, 4) is 0 Å². The fourth-order valence-electron chi connectivity index (χ4n) is 1.17. The van der Waals surface area contributed by atoms with Gasteiger partial charge < -0.3 is 0 Å². The highest BCUT2D eigenvalue weighted by atomic mass is 35.5. The minimum Gasteiger partial charge on any atom is -0.283 e. The van der Waals surface area contributed by atoms with E-state index in [2.05, 4.69) is 4.99 Å². The van der Waals surface area contributed by atoms with Crippen molar-refractivity contribution in [1.29, 1.82) is 0 Å². The molecule has 0 atom stereocenters. The van der Waals surface area contributed by atoms with Crippen LogP contribution in [0.3, 0.4) is 0 Å². The Labute approximate surface area is 89.3 Å². The van der Waals surface area contributed by atoms with Crippen LogP contribution >= 0.6 is 23.2 Å². The summed E-state index contributed by atoms with van der Waals surface area (Å²) >= 11 is 11.5. The minimum atomic E-state index is -0.782. The summed E-state index contributed by atoms with van der Waals surface area (Å²) in [5.41, 5.74) is 0.767. The summed E-state index contributed by atoms with van der Waals surface area (Å²) in [6.07, 6.45) is 1.31. The van der Waals surface area contributed by atoms with Gasteiger partial charge in [-0.15, -0.1) is 0 Å². The predicted octanol–water partition coefficient (Wildman–Crippen LogP) is 2.14. The molecule has 70 valence electrons. The Kier molecular flexibility index (Phi) is 2.13. The fourth-order valence-corrected chi connectivity index (χ4v) is 1.50. The number of carbonyl (C=O) groups excluding carboxylic acids is 2. The summed E-state index contributed by atoms with van der Waals surface area (Å²) in [4.78, 5) is 25.7. The predicted molar refractivity (Wildman–Crippen MR) is 53.4 cm³/mol. The van der Waals surface area contributed by atoms with E-state index in [0.29, 0.717) is 10.6 Å². The van der Waals surface area contributed by atoms with Crippen LogP contribution in [0, 0.1) is 0 Å². The Morgan fingerprint density at radius 2 is 1.71 bits per heavy atom. The van der Waals surface area contributed by atoms with Gasteiger partial charge in [0.2, 0.25) is 0 Å². The van der Waals surface area contributed by atoms with Crippen LogP contribution in [0.1, 0.15) is 15.9 Å². The third kappa shape index (κ3) is 1.35. The zero-order valence-electron chi connectivity index (χ0n) is 6.75. The lowest BCUT2D eigenvalue weighted by Crippen LogP contribution is -2.18. The molecule has 0 fully saturated rings. The normalized spacial score (nSPS) is 14.4. The summed E-state index contributed by atoms with van der Waals surface area (Å²) in [6.45, 7) is 0. The SMILES string of the molecule is O=C1N=Cc2cc(Cl)c(Cl)cc2C1=O. The van der Waals surface area contributed by atoms with Crippen LogP contribution < -0.4 is 0 Å². The quantitative estimate of drug-likeness (QED) is 0.638. The van der Waals surface area contributed by atoms with Crippen LogP contribution in [0.4, 0.5) is 0 Å². The van der Waals surface area contributed by atoms with Gasteiger partial charge in [0.15, 0.2) is 0 Å². The fraction of sp³-hybridized carbons (Fsp3) is 0. The third-order valence-corrected chi connectivity index (χ3v) is 2.57. The lowest BCUT2D eigenvalue weighted by atomic mass is 10.0. The Bertz CT molecular complexity index is 480. The van der Waals surface area contributed by atoms with Crippen molar-refractivity contribution in [1.82, 2.24) is 0 Å². The number of ketones is 1. The molecule has 1 aliphatic heterocycles. The standard InChI is InChI=1S/C9H3Cl2NO2/c10-6-1-4-3-12-9(14)8(13)5(4)2-7(6)11/h1-3H. The van der Waals surface area contributed by atoms with E-state index in [4.69, 9.17) is 23.2 Å². The van der Waals surface area contributed by atoms with E-state index in [1.807, 2.05) is 0 Å². The Hall–Kier alpha value is -1.19. The number of hydrogen-bond donors (Lipinski definition) is 0. The van der Waals surface area contributed by atoms with E-state index >= 15 is 0 Å². The van der Waals surface area contributed by atoms with Gasteiger partial charge in [-0.1, -0.05) is 23.2 Å². The molecule has 0 radical (unpaired) electrons. The molecule has 1 amide bonds. The van der Waals surface area contributed by atoms with Gasteiger partial charge in [-0.2, -0.15) is 0 Å².